The van der Waals surface area contributed by atoms with Crippen LogP contribution in [0.15, 0.2) is 18.2 Å². The zero-order valence-electron chi connectivity index (χ0n) is 20.1. The molecule has 33 heavy (non-hydrogen) atoms. The SMILES string of the molecule is CC(C)(C)C(=O)Nc1cc(N2CCC(C3CCNCC3)CC2)ccc1C(=O)NCCC(=O)O. The van der Waals surface area contributed by atoms with Gasteiger partial charge in [0.15, 0.2) is 0 Å². The highest BCUT2D eigenvalue weighted by Crippen LogP contribution is 2.34. The third kappa shape index (κ3) is 6.93. The topological polar surface area (TPSA) is 111 Å². The molecule has 8 heteroatoms. The molecule has 2 saturated heterocycles. The maximum Gasteiger partial charge on any atom is 0.305 e. The van der Waals surface area contributed by atoms with Gasteiger partial charge >= 0.3 is 5.97 Å². The van der Waals surface area contributed by atoms with E-state index < -0.39 is 17.3 Å². The fourth-order valence-electron chi connectivity index (χ4n) is 4.66. The number of carbonyl (C=O) groups is 3. The molecule has 1 aromatic rings. The van der Waals surface area contributed by atoms with Crippen molar-refractivity contribution in [3.63, 3.8) is 0 Å². The summed E-state index contributed by atoms with van der Waals surface area (Å²) in [5.74, 6) is 0.0369. The maximum atomic E-state index is 12.7. The largest absolute Gasteiger partial charge is 0.481 e. The molecule has 3 rings (SSSR count). The molecular formula is C25H38N4O4. The number of piperidine rings is 2. The van der Waals surface area contributed by atoms with Crippen LogP contribution in [-0.2, 0) is 9.59 Å². The van der Waals surface area contributed by atoms with Crippen LogP contribution in [0.5, 0.6) is 0 Å². The number of hydrogen-bond acceptors (Lipinski definition) is 5. The fourth-order valence-corrected chi connectivity index (χ4v) is 4.66. The van der Waals surface area contributed by atoms with Crippen LogP contribution in [0.1, 0.15) is 63.2 Å². The Morgan fingerprint density at radius 1 is 1.06 bits per heavy atom. The summed E-state index contributed by atoms with van der Waals surface area (Å²) in [5, 5.41) is 17.8. The first kappa shape index (κ1) is 25.0. The van der Waals surface area contributed by atoms with Gasteiger partial charge in [0.05, 0.1) is 17.7 Å². The van der Waals surface area contributed by atoms with Gasteiger partial charge < -0.3 is 26.0 Å². The Balaban J connectivity index is 1.73. The lowest BCUT2D eigenvalue weighted by Crippen LogP contribution is -2.39. The van der Waals surface area contributed by atoms with Crippen molar-refractivity contribution in [3.05, 3.63) is 23.8 Å². The summed E-state index contributed by atoms with van der Waals surface area (Å²) in [6.07, 6.45) is 4.69. The van der Waals surface area contributed by atoms with E-state index in [-0.39, 0.29) is 18.9 Å². The molecule has 2 aliphatic rings. The first-order valence-corrected chi connectivity index (χ1v) is 12.1. The quantitative estimate of drug-likeness (QED) is 0.500. The van der Waals surface area contributed by atoms with Crippen LogP contribution < -0.4 is 20.9 Å². The molecule has 2 heterocycles. The molecule has 0 saturated carbocycles. The van der Waals surface area contributed by atoms with Crippen molar-refractivity contribution in [2.75, 3.05) is 42.9 Å². The van der Waals surface area contributed by atoms with Gasteiger partial charge in [-0.3, -0.25) is 14.4 Å². The molecule has 0 spiro atoms. The van der Waals surface area contributed by atoms with E-state index in [1.165, 1.54) is 12.8 Å². The van der Waals surface area contributed by atoms with Crippen molar-refractivity contribution in [1.82, 2.24) is 10.6 Å². The third-order valence-corrected chi connectivity index (χ3v) is 6.76. The molecule has 4 N–H and O–H groups in total. The molecule has 0 radical (unpaired) electrons. The summed E-state index contributed by atoms with van der Waals surface area (Å²) >= 11 is 0. The Kier molecular flexibility index (Phi) is 8.35. The number of nitrogens with one attached hydrogen (secondary N) is 3. The van der Waals surface area contributed by atoms with Crippen LogP contribution in [0.3, 0.4) is 0 Å². The average molecular weight is 459 g/mol. The number of carbonyl (C=O) groups excluding carboxylic acids is 2. The first-order chi connectivity index (χ1) is 15.6. The summed E-state index contributed by atoms with van der Waals surface area (Å²) < 4.78 is 0. The van der Waals surface area contributed by atoms with Crippen molar-refractivity contribution in [3.8, 4) is 0 Å². The third-order valence-electron chi connectivity index (χ3n) is 6.76. The fraction of sp³-hybridized carbons (Fsp3) is 0.640. The summed E-state index contributed by atoms with van der Waals surface area (Å²) in [6, 6.07) is 5.52. The summed E-state index contributed by atoms with van der Waals surface area (Å²) in [4.78, 5) is 38.5. The van der Waals surface area contributed by atoms with Crippen LogP contribution in [0.2, 0.25) is 0 Å². The van der Waals surface area contributed by atoms with E-state index in [4.69, 9.17) is 5.11 Å². The van der Waals surface area contributed by atoms with Gasteiger partial charge in [0.2, 0.25) is 5.91 Å². The van der Waals surface area contributed by atoms with Crippen molar-refractivity contribution < 1.29 is 19.5 Å². The highest BCUT2D eigenvalue weighted by molar-refractivity contribution is 6.05. The zero-order chi connectivity index (χ0) is 24.0. The van der Waals surface area contributed by atoms with E-state index in [1.807, 2.05) is 32.9 Å². The van der Waals surface area contributed by atoms with Crippen LogP contribution in [0.25, 0.3) is 0 Å². The molecule has 2 amide bonds. The number of benzene rings is 1. The van der Waals surface area contributed by atoms with Crippen LogP contribution in [0, 0.1) is 17.3 Å². The highest BCUT2D eigenvalue weighted by Gasteiger charge is 2.29. The van der Waals surface area contributed by atoms with E-state index in [0.29, 0.717) is 11.3 Å². The van der Waals surface area contributed by atoms with Gasteiger partial charge in [0.25, 0.3) is 5.91 Å². The Bertz CT molecular complexity index is 850. The summed E-state index contributed by atoms with van der Waals surface area (Å²) in [6.45, 7) is 9.68. The number of nitrogens with zero attached hydrogens (tertiary/aromatic N) is 1. The van der Waals surface area contributed by atoms with Crippen LogP contribution in [0.4, 0.5) is 11.4 Å². The van der Waals surface area contributed by atoms with Crippen molar-refractivity contribution in [1.29, 1.82) is 0 Å². The van der Waals surface area contributed by atoms with E-state index in [0.717, 1.165) is 56.5 Å². The molecular weight excluding hydrogens is 420 g/mol. The minimum Gasteiger partial charge on any atom is -0.481 e. The summed E-state index contributed by atoms with van der Waals surface area (Å²) in [5.41, 5.74) is 1.18. The molecule has 8 nitrogen and oxygen atoms in total. The van der Waals surface area contributed by atoms with E-state index in [2.05, 4.69) is 20.9 Å². The highest BCUT2D eigenvalue weighted by atomic mass is 16.4. The van der Waals surface area contributed by atoms with E-state index in [9.17, 15) is 14.4 Å². The lowest BCUT2D eigenvalue weighted by atomic mass is 9.79. The normalized spacial score (nSPS) is 18.1. The molecule has 0 unspecified atom stereocenters. The smallest absolute Gasteiger partial charge is 0.305 e. The number of carboxylic acids is 1. The molecule has 182 valence electrons. The second-order valence-corrected chi connectivity index (χ2v) is 10.2. The minimum absolute atomic E-state index is 0.0345. The van der Waals surface area contributed by atoms with Crippen molar-refractivity contribution in [2.45, 2.75) is 52.9 Å². The van der Waals surface area contributed by atoms with Gasteiger partial charge in [-0.25, -0.2) is 0 Å². The predicted molar refractivity (Wildman–Crippen MR) is 130 cm³/mol. The Labute approximate surface area is 196 Å². The van der Waals surface area contributed by atoms with Gasteiger partial charge in [-0.2, -0.15) is 0 Å². The molecule has 1 aromatic carbocycles. The number of hydrogen-bond donors (Lipinski definition) is 4. The number of amides is 2. The monoisotopic (exact) mass is 458 g/mol. The lowest BCUT2D eigenvalue weighted by Gasteiger charge is -2.39. The molecule has 0 bridgehead atoms. The van der Waals surface area contributed by atoms with Crippen LogP contribution in [-0.4, -0.2) is 55.6 Å². The Morgan fingerprint density at radius 2 is 1.70 bits per heavy atom. The lowest BCUT2D eigenvalue weighted by molar-refractivity contribution is -0.136. The standard InChI is InChI=1S/C25H38N4O4/c1-25(2,3)24(33)28-21-16-19(4-5-20(21)23(32)27-13-8-22(30)31)29-14-9-18(10-15-29)17-6-11-26-12-7-17/h4-5,16-18,26H,6-15H2,1-3H3,(H,27,32)(H,28,33)(H,30,31). The van der Waals surface area contributed by atoms with Gasteiger partial charge in [-0.05, 0) is 68.8 Å². The minimum atomic E-state index is -0.972. The molecule has 0 atom stereocenters. The Hall–Kier alpha value is -2.61. The second kappa shape index (κ2) is 11.0. The van der Waals surface area contributed by atoms with E-state index >= 15 is 0 Å². The van der Waals surface area contributed by atoms with Gasteiger partial charge in [-0.1, -0.05) is 20.8 Å². The van der Waals surface area contributed by atoms with Crippen LogP contribution >= 0.6 is 0 Å². The summed E-state index contributed by atoms with van der Waals surface area (Å²) in [7, 11) is 0. The van der Waals surface area contributed by atoms with Gasteiger partial charge in [0.1, 0.15) is 0 Å². The van der Waals surface area contributed by atoms with Crippen molar-refractivity contribution in [2.24, 2.45) is 17.3 Å². The van der Waals surface area contributed by atoms with E-state index in [1.54, 1.807) is 6.07 Å². The number of carboxylic acid groups (broad SMARTS) is 1. The van der Waals surface area contributed by atoms with Gasteiger partial charge in [-0.15, -0.1) is 0 Å². The average Bonchev–Trinajstić information content (AvgIpc) is 2.79. The predicted octanol–water partition coefficient (Wildman–Crippen LogP) is 3.09. The molecule has 0 aromatic heterocycles. The zero-order valence-corrected chi connectivity index (χ0v) is 20.1. The van der Waals surface area contributed by atoms with Crippen molar-refractivity contribution >= 4 is 29.2 Å². The molecule has 2 aliphatic heterocycles. The van der Waals surface area contributed by atoms with Gasteiger partial charge in [0, 0.05) is 30.7 Å². The Morgan fingerprint density at radius 3 is 2.30 bits per heavy atom. The molecule has 2 fully saturated rings. The molecule has 0 aliphatic carbocycles. The first-order valence-electron chi connectivity index (χ1n) is 12.1. The number of rotatable bonds is 7. The second-order valence-electron chi connectivity index (χ2n) is 10.2. The maximum absolute atomic E-state index is 12.7. The number of aliphatic carboxylic acids is 1. The number of anilines is 2.